The van der Waals surface area contributed by atoms with Gasteiger partial charge in [0.15, 0.2) is 6.67 Å². The Balaban J connectivity index is 3.04. The average Bonchev–Trinajstić information content (AvgIpc) is 2.64. The molecule has 0 radical (unpaired) electrons. The van der Waals surface area contributed by atoms with Crippen molar-refractivity contribution in [2.75, 3.05) is 6.67 Å². The van der Waals surface area contributed by atoms with Crippen LogP contribution in [0.15, 0.2) is 5.16 Å². The second-order valence-electron chi connectivity index (χ2n) is 2.77. The van der Waals surface area contributed by atoms with E-state index in [1.165, 1.54) is 5.10 Å². The van der Waals surface area contributed by atoms with Crippen molar-refractivity contribution in [1.29, 1.82) is 0 Å². The monoisotopic (exact) mass is 299 g/mol. The van der Waals surface area contributed by atoms with Crippen LogP contribution in [-0.2, 0) is 20.5 Å². The van der Waals surface area contributed by atoms with E-state index in [1.54, 1.807) is 0 Å². The SMILES string of the molecule is O=S(=O)(OC(F)(F)CF)c1n[nH]c(C(F)(F)F)n1. The van der Waals surface area contributed by atoms with Gasteiger partial charge in [-0.1, -0.05) is 0 Å². The van der Waals surface area contributed by atoms with Crippen molar-refractivity contribution in [2.45, 2.75) is 17.4 Å². The second-order valence-corrected chi connectivity index (χ2v) is 4.21. The van der Waals surface area contributed by atoms with Gasteiger partial charge in [0.2, 0.25) is 5.82 Å². The molecule has 0 saturated heterocycles. The van der Waals surface area contributed by atoms with E-state index in [0.717, 1.165) is 0 Å². The molecule has 1 aromatic rings. The summed E-state index contributed by atoms with van der Waals surface area (Å²) in [4.78, 5) is 2.41. The Hall–Kier alpha value is -1.37. The van der Waals surface area contributed by atoms with Gasteiger partial charge in [-0.25, -0.2) is 4.39 Å². The summed E-state index contributed by atoms with van der Waals surface area (Å²) in [5, 5.41) is 2.04. The lowest BCUT2D eigenvalue weighted by Gasteiger charge is -2.10. The lowest BCUT2D eigenvalue weighted by Crippen LogP contribution is -2.28. The molecule has 18 heavy (non-hydrogen) atoms. The molecule has 1 rings (SSSR count). The molecule has 0 aliphatic carbocycles. The molecule has 0 aliphatic heterocycles. The summed E-state index contributed by atoms with van der Waals surface area (Å²) in [6.07, 6.45) is -9.76. The molecular weight excluding hydrogens is 296 g/mol. The Kier molecular flexibility index (Phi) is 3.58. The number of H-pyrrole nitrogens is 1. The topological polar surface area (TPSA) is 84.9 Å². The number of nitrogens with zero attached hydrogens (tertiary/aromatic N) is 2. The standard InChI is InChI=1S/C5H3F6N3O3S/c6-1-4(7,8)17-18(15,16)3-12-2(13-14-3)5(9,10)11/h1H2,(H,12,13,14). The summed E-state index contributed by atoms with van der Waals surface area (Å²) >= 11 is 0. The van der Waals surface area contributed by atoms with Crippen LogP contribution in [0.25, 0.3) is 0 Å². The number of nitrogens with one attached hydrogen (secondary N) is 1. The molecule has 0 atom stereocenters. The number of rotatable bonds is 4. The largest absolute Gasteiger partial charge is 0.451 e. The van der Waals surface area contributed by atoms with Crippen LogP contribution in [0.2, 0.25) is 0 Å². The van der Waals surface area contributed by atoms with Gasteiger partial charge in [-0.2, -0.15) is 39.5 Å². The highest BCUT2D eigenvalue weighted by atomic mass is 32.2. The molecule has 13 heteroatoms. The summed E-state index contributed by atoms with van der Waals surface area (Å²) < 4.78 is 97.3. The fourth-order valence-corrected chi connectivity index (χ4v) is 1.51. The Morgan fingerprint density at radius 2 is 1.78 bits per heavy atom. The molecule has 0 aromatic carbocycles. The minimum atomic E-state index is -5.41. The molecule has 0 fully saturated rings. The normalized spacial score (nSPS) is 13.9. The Morgan fingerprint density at radius 3 is 2.17 bits per heavy atom. The van der Waals surface area contributed by atoms with Crippen molar-refractivity contribution >= 4 is 10.1 Å². The number of halogens is 6. The second kappa shape index (κ2) is 4.38. The zero-order valence-corrected chi connectivity index (χ0v) is 8.82. The first-order valence-corrected chi connectivity index (χ1v) is 5.28. The van der Waals surface area contributed by atoms with E-state index >= 15 is 0 Å². The molecule has 0 aliphatic rings. The van der Waals surface area contributed by atoms with Gasteiger partial charge >= 0.3 is 22.4 Å². The van der Waals surface area contributed by atoms with E-state index in [-0.39, 0.29) is 0 Å². The number of hydrogen-bond acceptors (Lipinski definition) is 5. The highest BCUT2D eigenvalue weighted by Gasteiger charge is 2.42. The maximum atomic E-state index is 12.3. The van der Waals surface area contributed by atoms with Crippen molar-refractivity contribution in [3.05, 3.63) is 5.82 Å². The van der Waals surface area contributed by atoms with Gasteiger partial charge in [0.25, 0.3) is 5.16 Å². The number of hydrogen-bond donors (Lipinski definition) is 1. The molecule has 6 nitrogen and oxygen atoms in total. The van der Waals surface area contributed by atoms with E-state index in [2.05, 4.69) is 14.3 Å². The maximum absolute atomic E-state index is 12.3. The summed E-state index contributed by atoms with van der Waals surface area (Å²) in [5.41, 5.74) is 0. The molecular formula is C5H3F6N3O3S. The van der Waals surface area contributed by atoms with E-state index in [1.807, 2.05) is 0 Å². The molecule has 0 unspecified atom stereocenters. The van der Waals surface area contributed by atoms with Crippen molar-refractivity contribution in [3.8, 4) is 0 Å². The smallest absolute Gasteiger partial charge is 0.254 e. The molecule has 1 aromatic heterocycles. The van der Waals surface area contributed by atoms with Crippen molar-refractivity contribution < 1.29 is 38.9 Å². The fourth-order valence-electron chi connectivity index (χ4n) is 0.705. The third kappa shape index (κ3) is 3.32. The van der Waals surface area contributed by atoms with Gasteiger partial charge in [0.1, 0.15) is 0 Å². The van der Waals surface area contributed by atoms with Crippen LogP contribution in [0.4, 0.5) is 26.3 Å². The average molecular weight is 299 g/mol. The number of aromatic amines is 1. The quantitative estimate of drug-likeness (QED) is 0.664. The van der Waals surface area contributed by atoms with E-state index < -0.39 is 40.1 Å². The van der Waals surface area contributed by atoms with Crippen LogP contribution in [0, 0.1) is 0 Å². The predicted octanol–water partition coefficient (Wildman–Crippen LogP) is 1.09. The molecule has 0 saturated carbocycles. The van der Waals surface area contributed by atoms with Gasteiger partial charge in [-0.15, -0.1) is 5.10 Å². The molecule has 0 amide bonds. The maximum Gasteiger partial charge on any atom is 0.451 e. The number of alkyl halides is 6. The summed E-state index contributed by atoms with van der Waals surface area (Å²) in [6, 6.07) is 0. The minimum Gasteiger partial charge on any atom is -0.254 e. The van der Waals surface area contributed by atoms with Crippen LogP contribution in [0.1, 0.15) is 5.82 Å². The number of aromatic nitrogens is 3. The van der Waals surface area contributed by atoms with Crippen molar-refractivity contribution in [2.24, 2.45) is 0 Å². The van der Waals surface area contributed by atoms with Gasteiger partial charge in [0, 0.05) is 0 Å². The van der Waals surface area contributed by atoms with Crippen LogP contribution in [0.5, 0.6) is 0 Å². The third-order valence-corrected chi connectivity index (χ3v) is 2.44. The molecule has 0 spiro atoms. The lowest BCUT2D eigenvalue weighted by atomic mass is 10.6. The Bertz CT molecular complexity index is 523. The first-order valence-electron chi connectivity index (χ1n) is 3.87. The predicted molar refractivity (Wildman–Crippen MR) is 40.6 cm³/mol. The highest BCUT2D eigenvalue weighted by molar-refractivity contribution is 7.86. The van der Waals surface area contributed by atoms with Crippen LogP contribution in [0.3, 0.4) is 0 Å². The Morgan fingerprint density at radius 1 is 1.22 bits per heavy atom. The first kappa shape index (κ1) is 14.7. The van der Waals surface area contributed by atoms with E-state index in [4.69, 9.17) is 0 Å². The fraction of sp³-hybridized carbons (Fsp3) is 0.600. The van der Waals surface area contributed by atoms with E-state index in [0.29, 0.717) is 0 Å². The minimum absolute atomic E-state index is 1.17. The third-order valence-electron chi connectivity index (χ3n) is 1.34. The first-order chi connectivity index (χ1) is 7.98. The highest BCUT2D eigenvalue weighted by Crippen LogP contribution is 2.27. The summed E-state index contributed by atoms with van der Waals surface area (Å²) in [7, 11) is -5.41. The van der Waals surface area contributed by atoms with Gasteiger partial charge < -0.3 is 0 Å². The van der Waals surface area contributed by atoms with Gasteiger partial charge in [-0.3, -0.25) is 5.10 Å². The van der Waals surface area contributed by atoms with Crippen LogP contribution < -0.4 is 0 Å². The van der Waals surface area contributed by atoms with Gasteiger partial charge in [0.05, 0.1) is 0 Å². The van der Waals surface area contributed by atoms with Crippen molar-refractivity contribution in [3.63, 3.8) is 0 Å². The van der Waals surface area contributed by atoms with Gasteiger partial charge in [-0.05, 0) is 0 Å². The lowest BCUT2D eigenvalue weighted by molar-refractivity contribution is -0.183. The zero-order chi connectivity index (χ0) is 14.2. The van der Waals surface area contributed by atoms with Crippen LogP contribution >= 0.6 is 0 Å². The molecule has 1 heterocycles. The molecule has 104 valence electrons. The molecule has 0 bridgehead atoms. The molecule has 1 N–H and O–H groups in total. The van der Waals surface area contributed by atoms with Crippen LogP contribution in [-0.4, -0.2) is 36.4 Å². The zero-order valence-electron chi connectivity index (χ0n) is 8.00. The van der Waals surface area contributed by atoms with E-state index in [9.17, 15) is 34.8 Å². The Labute approximate surface area is 95.1 Å². The summed E-state index contributed by atoms with van der Waals surface area (Å²) in [5.74, 6) is -1.83. The summed E-state index contributed by atoms with van der Waals surface area (Å²) in [6.45, 7) is -2.48. The van der Waals surface area contributed by atoms with Crippen molar-refractivity contribution in [1.82, 2.24) is 15.2 Å².